The second kappa shape index (κ2) is 7.32. The number of carbonyl (C=O) groups excluding carboxylic acids is 1. The van der Waals surface area contributed by atoms with Crippen LogP contribution in [0.15, 0.2) is 29.4 Å². The molecule has 1 rings (SSSR count). The number of ether oxygens (including phenoxy) is 1. The Balaban J connectivity index is 2.45. The van der Waals surface area contributed by atoms with Crippen LogP contribution in [0.3, 0.4) is 0 Å². The highest BCUT2D eigenvalue weighted by atomic mass is 16.5. The smallest absolute Gasteiger partial charge is 0.257 e. The summed E-state index contributed by atoms with van der Waals surface area (Å²) in [7, 11) is 1.57. The Morgan fingerprint density at radius 1 is 1.39 bits per heavy atom. The molecule has 0 aliphatic carbocycles. The van der Waals surface area contributed by atoms with E-state index in [2.05, 4.69) is 10.5 Å². The Hall–Kier alpha value is -2.04. The molecule has 0 radical (unpaired) electrons. The van der Waals surface area contributed by atoms with Crippen LogP contribution < -0.4 is 10.1 Å². The van der Waals surface area contributed by atoms with Gasteiger partial charge in [-0.15, -0.1) is 0 Å². The quantitative estimate of drug-likeness (QED) is 0.457. The molecule has 5 heteroatoms. The first kappa shape index (κ1) is 14.0. The Kier molecular flexibility index (Phi) is 5.70. The molecule has 1 aromatic carbocycles. The van der Waals surface area contributed by atoms with Gasteiger partial charge in [0.15, 0.2) is 6.61 Å². The van der Waals surface area contributed by atoms with Gasteiger partial charge in [0.1, 0.15) is 5.75 Å². The molecule has 1 amide bonds. The Morgan fingerprint density at radius 3 is 2.61 bits per heavy atom. The molecule has 0 aromatic heterocycles. The second-order valence-electron chi connectivity index (χ2n) is 3.94. The third-order valence-corrected chi connectivity index (χ3v) is 2.52. The van der Waals surface area contributed by atoms with Gasteiger partial charge in [-0.3, -0.25) is 4.79 Å². The SMILES string of the molecule is CNC(=O)COc1ccc(CC/C(C)=N/O)cc1. The summed E-state index contributed by atoms with van der Waals surface area (Å²) in [5, 5.41) is 14.1. The van der Waals surface area contributed by atoms with Crippen LogP contribution in [-0.4, -0.2) is 30.5 Å². The van der Waals surface area contributed by atoms with Gasteiger partial charge in [-0.25, -0.2) is 0 Å². The van der Waals surface area contributed by atoms with Crippen molar-refractivity contribution in [1.29, 1.82) is 0 Å². The fourth-order valence-electron chi connectivity index (χ4n) is 1.35. The molecule has 2 N–H and O–H groups in total. The third kappa shape index (κ3) is 4.86. The Morgan fingerprint density at radius 2 is 2.06 bits per heavy atom. The van der Waals surface area contributed by atoms with Crippen LogP contribution in [0.1, 0.15) is 18.9 Å². The molecule has 5 nitrogen and oxygen atoms in total. The minimum Gasteiger partial charge on any atom is -0.484 e. The lowest BCUT2D eigenvalue weighted by Crippen LogP contribution is -2.24. The number of likely N-dealkylation sites (N-methyl/N-ethyl adjacent to an activating group) is 1. The normalized spacial score (nSPS) is 11.1. The van der Waals surface area contributed by atoms with Crippen molar-refractivity contribution in [2.75, 3.05) is 13.7 Å². The average molecular weight is 250 g/mol. The standard InChI is InChI=1S/C13H18N2O3/c1-10(15-17)3-4-11-5-7-12(8-6-11)18-9-13(16)14-2/h5-8,17H,3-4,9H2,1-2H3,(H,14,16)/b15-10+. The van der Waals surface area contributed by atoms with Crippen LogP contribution in [0.4, 0.5) is 0 Å². The Bertz CT molecular complexity index is 413. The number of hydrogen-bond acceptors (Lipinski definition) is 4. The van der Waals surface area contributed by atoms with Crippen molar-refractivity contribution < 1.29 is 14.7 Å². The number of hydrogen-bond donors (Lipinski definition) is 2. The van der Waals surface area contributed by atoms with Crippen molar-refractivity contribution in [2.24, 2.45) is 5.16 Å². The van der Waals surface area contributed by atoms with Gasteiger partial charge in [-0.1, -0.05) is 17.3 Å². The van der Waals surface area contributed by atoms with Gasteiger partial charge >= 0.3 is 0 Å². The van der Waals surface area contributed by atoms with Crippen LogP contribution in [0.5, 0.6) is 5.75 Å². The number of oxime groups is 1. The summed E-state index contributed by atoms with van der Waals surface area (Å²) in [4.78, 5) is 11.0. The molecule has 1 aromatic rings. The van der Waals surface area contributed by atoms with Gasteiger partial charge in [-0.2, -0.15) is 0 Å². The molecule has 0 heterocycles. The minimum absolute atomic E-state index is 0.0200. The summed E-state index contributed by atoms with van der Waals surface area (Å²) >= 11 is 0. The molecule has 0 atom stereocenters. The van der Waals surface area contributed by atoms with Crippen molar-refractivity contribution >= 4 is 11.6 Å². The van der Waals surface area contributed by atoms with E-state index in [4.69, 9.17) is 9.94 Å². The maximum atomic E-state index is 11.0. The first-order chi connectivity index (χ1) is 8.65. The van der Waals surface area contributed by atoms with E-state index in [1.54, 1.807) is 14.0 Å². The maximum Gasteiger partial charge on any atom is 0.257 e. The molecule has 0 saturated heterocycles. The molecule has 0 saturated carbocycles. The number of nitrogens with one attached hydrogen (secondary N) is 1. The molecular formula is C13H18N2O3. The van der Waals surface area contributed by atoms with Gasteiger partial charge < -0.3 is 15.3 Å². The molecule has 98 valence electrons. The summed E-state index contributed by atoms with van der Waals surface area (Å²) in [6.45, 7) is 1.80. The van der Waals surface area contributed by atoms with E-state index in [0.717, 1.165) is 18.4 Å². The highest BCUT2D eigenvalue weighted by molar-refractivity contribution is 5.81. The van der Waals surface area contributed by atoms with Gasteiger partial charge in [0.05, 0.1) is 5.71 Å². The van der Waals surface area contributed by atoms with Gasteiger partial charge in [0.2, 0.25) is 0 Å². The molecule has 0 bridgehead atoms. The van der Waals surface area contributed by atoms with E-state index < -0.39 is 0 Å². The fourth-order valence-corrected chi connectivity index (χ4v) is 1.35. The maximum absolute atomic E-state index is 11.0. The molecule has 0 aliphatic heterocycles. The summed E-state index contributed by atoms with van der Waals surface area (Å²) in [5.41, 5.74) is 1.83. The van der Waals surface area contributed by atoms with E-state index >= 15 is 0 Å². The number of rotatable bonds is 6. The van der Waals surface area contributed by atoms with Crippen LogP contribution in [0, 0.1) is 0 Å². The molecular weight excluding hydrogens is 232 g/mol. The summed E-state index contributed by atoms with van der Waals surface area (Å²) in [5.74, 6) is 0.503. The van der Waals surface area contributed by atoms with Crippen molar-refractivity contribution in [1.82, 2.24) is 5.32 Å². The van der Waals surface area contributed by atoms with E-state index in [1.807, 2.05) is 24.3 Å². The number of benzene rings is 1. The minimum atomic E-state index is -0.158. The van der Waals surface area contributed by atoms with Crippen LogP contribution in [0.25, 0.3) is 0 Å². The molecule has 0 aliphatic rings. The lowest BCUT2D eigenvalue weighted by molar-refractivity contribution is -0.122. The molecule has 0 unspecified atom stereocenters. The third-order valence-electron chi connectivity index (χ3n) is 2.52. The predicted octanol–water partition coefficient (Wildman–Crippen LogP) is 1.59. The van der Waals surface area contributed by atoms with Crippen molar-refractivity contribution in [2.45, 2.75) is 19.8 Å². The lowest BCUT2D eigenvalue weighted by Gasteiger charge is -2.06. The van der Waals surface area contributed by atoms with Crippen molar-refractivity contribution in [3.63, 3.8) is 0 Å². The van der Waals surface area contributed by atoms with Crippen LogP contribution in [0.2, 0.25) is 0 Å². The monoisotopic (exact) mass is 250 g/mol. The van der Waals surface area contributed by atoms with E-state index in [0.29, 0.717) is 11.5 Å². The van der Waals surface area contributed by atoms with Crippen LogP contribution >= 0.6 is 0 Å². The zero-order valence-corrected chi connectivity index (χ0v) is 10.6. The molecule has 0 spiro atoms. The predicted molar refractivity (Wildman–Crippen MR) is 69.2 cm³/mol. The topological polar surface area (TPSA) is 70.9 Å². The number of aryl methyl sites for hydroxylation is 1. The number of carbonyl (C=O) groups is 1. The summed E-state index contributed by atoms with van der Waals surface area (Å²) < 4.78 is 5.28. The highest BCUT2D eigenvalue weighted by Crippen LogP contribution is 2.13. The highest BCUT2D eigenvalue weighted by Gasteiger charge is 2.00. The van der Waals surface area contributed by atoms with Gasteiger partial charge in [-0.05, 0) is 37.5 Å². The fraction of sp³-hybridized carbons (Fsp3) is 0.385. The van der Waals surface area contributed by atoms with E-state index in [1.165, 1.54) is 0 Å². The first-order valence-electron chi connectivity index (χ1n) is 5.75. The summed E-state index contributed by atoms with van der Waals surface area (Å²) in [6, 6.07) is 7.51. The van der Waals surface area contributed by atoms with Crippen molar-refractivity contribution in [3.8, 4) is 5.75 Å². The number of nitrogens with zero attached hydrogens (tertiary/aromatic N) is 1. The van der Waals surface area contributed by atoms with E-state index in [-0.39, 0.29) is 12.5 Å². The molecule has 18 heavy (non-hydrogen) atoms. The van der Waals surface area contributed by atoms with Gasteiger partial charge in [0, 0.05) is 7.05 Å². The zero-order chi connectivity index (χ0) is 13.4. The Labute approximate surface area is 106 Å². The van der Waals surface area contributed by atoms with Crippen molar-refractivity contribution in [3.05, 3.63) is 29.8 Å². The van der Waals surface area contributed by atoms with E-state index in [9.17, 15) is 4.79 Å². The second-order valence-corrected chi connectivity index (χ2v) is 3.94. The van der Waals surface area contributed by atoms with Crippen LogP contribution in [-0.2, 0) is 11.2 Å². The van der Waals surface area contributed by atoms with Gasteiger partial charge in [0.25, 0.3) is 5.91 Å². The number of amides is 1. The first-order valence-corrected chi connectivity index (χ1v) is 5.75. The zero-order valence-electron chi connectivity index (χ0n) is 10.6. The largest absolute Gasteiger partial charge is 0.484 e. The lowest BCUT2D eigenvalue weighted by atomic mass is 10.1. The average Bonchev–Trinajstić information content (AvgIpc) is 2.43. The summed E-state index contributed by atoms with van der Waals surface area (Å²) in [6.07, 6.45) is 1.53. The molecule has 0 fully saturated rings.